The van der Waals surface area contributed by atoms with Crippen LogP contribution in [0.2, 0.25) is 0 Å². The number of carbonyl (C=O) groups excluding carboxylic acids is 1. The molecule has 1 rings (SSSR count). The van der Waals surface area contributed by atoms with Gasteiger partial charge in [-0.1, -0.05) is 124 Å². The number of aliphatic hydroxyl groups excluding tert-OH is 3. The van der Waals surface area contributed by atoms with Crippen molar-refractivity contribution in [2.45, 2.75) is 153 Å². The Balaban J connectivity index is 2.54. The zero-order valence-corrected chi connectivity index (χ0v) is 35.6. The maximum atomic E-state index is 12.8. The minimum Gasteiger partial charge on any atom is -0.457 e. The van der Waals surface area contributed by atoms with E-state index < -0.39 is 59.8 Å². The molecule has 1 fully saturated rings. The average molecular weight is 837 g/mol. The average Bonchev–Trinajstić information content (AvgIpc) is 3.19. The molecule has 6 atom stereocenters. The van der Waals surface area contributed by atoms with Gasteiger partial charge in [0.2, 0.25) is 0 Å². The molecule has 4 N–H and O–H groups in total. The number of carbonyl (C=O) groups is 1. The van der Waals surface area contributed by atoms with E-state index in [0.717, 1.165) is 83.5 Å². The van der Waals surface area contributed by atoms with Gasteiger partial charge in [-0.3, -0.25) is 9.35 Å². The van der Waals surface area contributed by atoms with Crippen LogP contribution in [0.3, 0.4) is 0 Å². The van der Waals surface area contributed by atoms with Crippen LogP contribution in [0.4, 0.5) is 0 Å². The molecular formula is C45H72O12S. The molecule has 58 heavy (non-hydrogen) atoms. The second-order valence-electron chi connectivity index (χ2n) is 13.8. The summed E-state index contributed by atoms with van der Waals surface area (Å²) >= 11 is 0. The minimum atomic E-state index is -5.08. The number of allylic oxidation sites excluding steroid dienone is 16. The summed E-state index contributed by atoms with van der Waals surface area (Å²) in [6.45, 7) is 3.59. The van der Waals surface area contributed by atoms with Crippen LogP contribution < -0.4 is 0 Å². The highest BCUT2D eigenvalue weighted by Gasteiger charge is 2.48. The Morgan fingerprint density at radius 2 is 1.14 bits per heavy atom. The van der Waals surface area contributed by atoms with Gasteiger partial charge in [-0.15, -0.1) is 0 Å². The third kappa shape index (κ3) is 29.3. The molecule has 0 aromatic heterocycles. The highest BCUT2D eigenvalue weighted by atomic mass is 32.3. The van der Waals surface area contributed by atoms with Gasteiger partial charge >= 0.3 is 16.4 Å². The summed E-state index contributed by atoms with van der Waals surface area (Å²) in [7, 11) is -5.08. The number of hydrogen-bond acceptors (Lipinski definition) is 11. The van der Waals surface area contributed by atoms with Crippen LogP contribution in [0.15, 0.2) is 97.2 Å². The number of aliphatic hydroxyl groups is 3. The lowest BCUT2D eigenvalue weighted by Crippen LogP contribution is -2.60. The fourth-order valence-electron chi connectivity index (χ4n) is 5.60. The zero-order chi connectivity index (χ0) is 42.5. The maximum absolute atomic E-state index is 12.8. The first-order chi connectivity index (χ1) is 28.1. The van der Waals surface area contributed by atoms with Crippen molar-refractivity contribution < 1.29 is 56.2 Å². The lowest BCUT2D eigenvalue weighted by molar-refractivity contribution is -0.301. The van der Waals surface area contributed by atoms with E-state index in [0.29, 0.717) is 19.4 Å². The zero-order valence-electron chi connectivity index (χ0n) is 34.8. The van der Waals surface area contributed by atoms with Gasteiger partial charge in [-0.2, -0.15) is 8.42 Å². The van der Waals surface area contributed by atoms with Crippen molar-refractivity contribution in [1.82, 2.24) is 0 Å². The highest BCUT2D eigenvalue weighted by Crippen LogP contribution is 2.26. The first-order valence-electron chi connectivity index (χ1n) is 21.0. The maximum Gasteiger partial charge on any atom is 0.397 e. The van der Waals surface area contributed by atoms with Crippen LogP contribution in [0.5, 0.6) is 0 Å². The van der Waals surface area contributed by atoms with Crippen molar-refractivity contribution in [3.05, 3.63) is 97.2 Å². The normalized spacial score (nSPS) is 21.5. The van der Waals surface area contributed by atoms with Crippen molar-refractivity contribution in [3.63, 3.8) is 0 Å². The third-order valence-electron chi connectivity index (χ3n) is 8.70. The molecule has 0 aliphatic carbocycles. The van der Waals surface area contributed by atoms with Crippen molar-refractivity contribution in [2.24, 2.45) is 0 Å². The number of esters is 1. The number of ether oxygens (including phenoxy) is 4. The van der Waals surface area contributed by atoms with Crippen molar-refractivity contribution in [1.29, 1.82) is 0 Å². The molecule has 1 saturated heterocycles. The molecule has 0 amide bonds. The van der Waals surface area contributed by atoms with Gasteiger partial charge in [0.1, 0.15) is 30.5 Å². The van der Waals surface area contributed by atoms with Crippen LogP contribution in [-0.2, 0) is 38.3 Å². The van der Waals surface area contributed by atoms with E-state index in [-0.39, 0.29) is 19.6 Å². The van der Waals surface area contributed by atoms with E-state index in [1.54, 1.807) is 0 Å². The molecule has 330 valence electrons. The van der Waals surface area contributed by atoms with Crippen LogP contribution >= 0.6 is 0 Å². The second kappa shape index (κ2) is 35.9. The molecule has 0 saturated carbocycles. The quantitative estimate of drug-likeness (QED) is 0.0211. The predicted octanol–water partition coefficient (Wildman–Crippen LogP) is 8.29. The summed E-state index contributed by atoms with van der Waals surface area (Å²) in [5.41, 5.74) is 0. The predicted molar refractivity (Wildman–Crippen MR) is 229 cm³/mol. The second-order valence-corrected chi connectivity index (χ2v) is 14.9. The molecule has 0 radical (unpaired) electrons. The largest absolute Gasteiger partial charge is 0.457 e. The van der Waals surface area contributed by atoms with Crippen LogP contribution in [-0.4, -0.2) is 97.5 Å². The van der Waals surface area contributed by atoms with Gasteiger partial charge in [-0.25, -0.2) is 4.18 Å². The Bertz CT molecular complexity index is 1380. The van der Waals surface area contributed by atoms with Gasteiger partial charge in [0.15, 0.2) is 6.29 Å². The summed E-state index contributed by atoms with van der Waals surface area (Å²) in [6.07, 6.45) is 38.8. The van der Waals surface area contributed by atoms with Crippen molar-refractivity contribution in [3.8, 4) is 0 Å². The first-order valence-corrected chi connectivity index (χ1v) is 22.4. The Hall–Kier alpha value is -2.98. The fraction of sp³-hybridized carbons (Fsp3) is 0.622. The van der Waals surface area contributed by atoms with E-state index in [4.69, 9.17) is 23.5 Å². The fourth-order valence-corrected chi connectivity index (χ4v) is 6.11. The van der Waals surface area contributed by atoms with Crippen LogP contribution in [0, 0.1) is 0 Å². The smallest absolute Gasteiger partial charge is 0.397 e. The third-order valence-corrected chi connectivity index (χ3v) is 9.17. The van der Waals surface area contributed by atoms with Gasteiger partial charge in [-0.05, 0) is 83.5 Å². The van der Waals surface area contributed by atoms with E-state index in [9.17, 15) is 28.5 Å². The SMILES string of the molecule is CC/C=C\C/C=C\C/C=C\C/C=C\C/C=C\CCCC(=O)OC(COCCCCCC/C=C\C/C=C\C/C=C\CC)COC1OC(CO)C(O)C(OS(=O)(=O)O)C1O. The van der Waals surface area contributed by atoms with E-state index in [1.807, 2.05) is 6.08 Å². The molecule has 0 aromatic carbocycles. The summed E-state index contributed by atoms with van der Waals surface area (Å²) in [5.74, 6) is -0.470. The molecule has 12 nitrogen and oxygen atoms in total. The van der Waals surface area contributed by atoms with E-state index >= 15 is 0 Å². The molecule has 0 spiro atoms. The topological polar surface area (TPSA) is 178 Å². The van der Waals surface area contributed by atoms with Crippen molar-refractivity contribution >= 4 is 16.4 Å². The molecule has 13 heteroatoms. The number of rotatable bonds is 34. The summed E-state index contributed by atoms with van der Waals surface area (Å²) in [4.78, 5) is 12.8. The Kier molecular flexibility index (Phi) is 32.8. The van der Waals surface area contributed by atoms with Crippen LogP contribution in [0.25, 0.3) is 0 Å². The molecule has 1 aliphatic heterocycles. The molecule has 1 heterocycles. The van der Waals surface area contributed by atoms with E-state index in [1.165, 1.54) is 0 Å². The molecule has 0 bridgehead atoms. The lowest BCUT2D eigenvalue weighted by atomic mass is 9.99. The number of unbranched alkanes of at least 4 members (excludes halogenated alkanes) is 5. The van der Waals surface area contributed by atoms with Crippen LogP contribution in [0.1, 0.15) is 117 Å². The summed E-state index contributed by atoms with van der Waals surface area (Å²) < 4.78 is 58.8. The summed E-state index contributed by atoms with van der Waals surface area (Å²) in [5, 5.41) is 30.6. The number of hydrogen-bond donors (Lipinski definition) is 4. The molecule has 6 unspecified atom stereocenters. The van der Waals surface area contributed by atoms with Gasteiger partial charge < -0.3 is 34.3 Å². The molecule has 0 aromatic rings. The highest BCUT2D eigenvalue weighted by molar-refractivity contribution is 7.80. The standard InChI is InChI=1S/C45H72O12S/c1-3-5-7-9-11-13-15-17-19-20-21-22-24-26-28-30-32-34-41(47)55-39(37-53-35-33-31-29-27-25-23-18-16-14-12-10-8-6-4-2)38-54-45-43(49)44(57-58(50,51)52)42(48)40(36-46)56-45/h5-8,11-14,17-19,21-23,26,28,39-40,42-46,48-49H,3-4,9-10,15-16,20,24-25,27,29-38H2,1-2H3,(H,50,51,52)/b7-5-,8-6-,13-11-,14-12-,19-17-,22-21-,23-18-,28-26-. The Morgan fingerprint density at radius 3 is 1.64 bits per heavy atom. The minimum absolute atomic E-state index is 0.00911. The van der Waals surface area contributed by atoms with Gasteiger partial charge in [0.05, 0.1) is 19.8 Å². The van der Waals surface area contributed by atoms with Crippen molar-refractivity contribution in [2.75, 3.05) is 26.4 Å². The van der Waals surface area contributed by atoms with E-state index in [2.05, 4.69) is 109 Å². The monoisotopic (exact) mass is 836 g/mol. The van der Waals surface area contributed by atoms with Gasteiger partial charge in [0.25, 0.3) is 0 Å². The summed E-state index contributed by atoms with van der Waals surface area (Å²) in [6, 6.07) is 0. The Morgan fingerprint density at radius 1 is 0.655 bits per heavy atom. The Labute approximate surface area is 348 Å². The van der Waals surface area contributed by atoms with Gasteiger partial charge in [0, 0.05) is 13.0 Å². The first kappa shape index (κ1) is 53.0. The molecule has 1 aliphatic rings. The molecular weight excluding hydrogens is 765 g/mol. The lowest BCUT2D eigenvalue weighted by Gasteiger charge is -2.41.